The van der Waals surface area contributed by atoms with Crippen molar-refractivity contribution in [3.63, 3.8) is 0 Å². The predicted octanol–water partition coefficient (Wildman–Crippen LogP) is 3.57. The number of likely N-dealkylation sites (N-methyl/N-ethyl adjacent to an activating group) is 1. The third-order valence-corrected chi connectivity index (χ3v) is 5.00. The van der Waals surface area contributed by atoms with Crippen molar-refractivity contribution in [2.45, 2.75) is 19.8 Å². The number of anilines is 1. The van der Waals surface area contributed by atoms with Crippen molar-refractivity contribution in [1.29, 1.82) is 0 Å². The van der Waals surface area contributed by atoms with Crippen LogP contribution in [0.4, 0.5) is 14.5 Å². The van der Waals surface area contributed by atoms with Crippen molar-refractivity contribution >= 4 is 17.5 Å². The zero-order chi connectivity index (χ0) is 21.8. The first-order chi connectivity index (χ1) is 14.4. The molecule has 1 N–H and O–H groups in total. The lowest BCUT2D eigenvalue weighted by Crippen LogP contribution is -2.33. The van der Waals surface area contributed by atoms with Crippen LogP contribution in [-0.4, -0.2) is 43.5 Å². The minimum atomic E-state index is -1.17. The summed E-state index contributed by atoms with van der Waals surface area (Å²) in [4.78, 5) is 27.0. The molecular formula is C22H24F2N2O4. The summed E-state index contributed by atoms with van der Waals surface area (Å²) in [5.74, 6) is -3.78. The van der Waals surface area contributed by atoms with Crippen LogP contribution in [0.25, 0.3) is 0 Å². The van der Waals surface area contributed by atoms with Gasteiger partial charge in [-0.2, -0.15) is 0 Å². The molecule has 1 heterocycles. The van der Waals surface area contributed by atoms with E-state index in [1.54, 1.807) is 25.2 Å². The molecule has 8 heteroatoms. The lowest BCUT2D eigenvalue weighted by atomic mass is 9.87. The lowest BCUT2D eigenvalue weighted by molar-refractivity contribution is -0.135. The average molecular weight is 418 g/mol. The number of likely N-dealkylation sites (tertiary alicyclic amines) is 1. The Morgan fingerprint density at radius 2 is 1.83 bits per heavy atom. The summed E-state index contributed by atoms with van der Waals surface area (Å²) in [5.41, 5.74) is 0.419. The number of nitrogens with one attached hydrogen (secondary N) is 1. The maximum Gasteiger partial charge on any atom is 0.237 e. The maximum atomic E-state index is 14.0. The highest BCUT2D eigenvalue weighted by Crippen LogP contribution is 2.38. The molecule has 2 unspecified atom stereocenters. The molecule has 1 aliphatic rings. The second-order valence-corrected chi connectivity index (χ2v) is 6.97. The van der Waals surface area contributed by atoms with Crippen molar-refractivity contribution in [3.8, 4) is 11.5 Å². The third-order valence-electron chi connectivity index (χ3n) is 5.00. The molecule has 2 amide bonds. The Morgan fingerprint density at radius 1 is 1.13 bits per heavy atom. The third kappa shape index (κ3) is 4.22. The number of benzene rings is 2. The van der Waals surface area contributed by atoms with Crippen molar-refractivity contribution in [2.24, 2.45) is 5.92 Å². The molecule has 0 radical (unpaired) electrons. The maximum absolute atomic E-state index is 14.0. The molecule has 160 valence electrons. The van der Waals surface area contributed by atoms with Gasteiger partial charge in [-0.25, -0.2) is 8.78 Å². The zero-order valence-corrected chi connectivity index (χ0v) is 17.1. The van der Waals surface area contributed by atoms with Crippen LogP contribution in [0.15, 0.2) is 36.4 Å². The fraction of sp³-hybridized carbons (Fsp3) is 0.364. The number of ether oxygens (including phenoxy) is 2. The first-order valence-corrected chi connectivity index (χ1v) is 9.76. The topological polar surface area (TPSA) is 67.9 Å². The SMILES string of the molecule is CCOc1ccc(C2CN(C)C(=O)C2C(=O)Nc2cccc(F)c2F)cc1OCC. The summed E-state index contributed by atoms with van der Waals surface area (Å²) in [5, 5.41) is 2.36. The minimum Gasteiger partial charge on any atom is -0.490 e. The van der Waals surface area contributed by atoms with Gasteiger partial charge in [-0.05, 0) is 43.7 Å². The van der Waals surface area contributed by atoms with Crippen molar-refractivity contribution < 1.29 is 27.8 Å². The van der Waals surface area contributed by atoms with E-state index >= 15 is 0 Å². The average Bonchev–Trinajstić information content (AvgIpc) is 3.02. The summed E-state index contributed by atoms with van der Waals surface area (Å²) in [7, 11) is 1.60. The number of amides is 2. The van der Waals surface area contributed by atoms with Crippen LogP contribution in [0.1, 0.15) is 25.3 Å². The van der Waals surface area contributed by atoms with E-state index in [0.717, 1.165) is 11.6 Å². The molecule has 0 aromatic heterocycles. The normalized spacial score (nSPS) is 18.4. The van der Waals surface area contributed by atoms with Gasteiger partial charge >= 0.3 is 0 Å². The Balaban J connectivity index is 1.92. The number of carbonyl (C=O) groups is 2. The van der Waals surface area contributed by atoms with E-state index in [2.05, 4.69) is 5.32 Å². The van der Waals surface area contributed by atoms with Gasteiger partial charge in [0.05, 0.1) is 18.9 Å². The molecule has 1 fully saturated rings. The molecule has 1 aliphatic heterocycles. The van der Waals surface area contributed by atoms with Gasteiger partial charge in [0.15, 0.2) is 23.1 Å². The number of halogens is 2. The Labute approximate surface area is 173 Å². The van der Waals surface area contributed by atoms with Gasteiger partial charge in [-0.3, -0.25) is 9.59 Å². The van der Waals surface area contributed by atoms with E-state index in [1.165, 1.54) is 17.0 Å². The number of carbonyl (C=O) groups excluding carboxylic acids is 2. The molecule has 6 nitrogen and oxygen atoms in total. The smallest absolute Gasteiger partial charge is 0.237 e. The predicted molar refractivity (Wildman–Crippen MR) is 108 cm³/mol. The summed E-state index contributed by atoms with van der Waals surface area (Å²) in [6.45, 7) is 4.91. The van der Waals surface area contributed by atoms with Crippen LogP contribution in [0, 0.1) is 17.6 Å². The molecule has 1 saturated heterocycles. The Kier molecular flexibility index (Phi) is 6.54. The van der Waals surface area contributed by atoms with E-state index < -0.39 is 29.4 Å². The van der Waals surface area contributed by atoms with Crippen molar-refractivity contribution in [3.05, 3.63) is 53.6 Å². The van der Waals surface area contributed by atoms with Crippen LogP contribution >= 0.6 is 0 Å². The highest BCUT2D eigenvalue weighted by Gasteiger charge is 2.44. The first-order valence-electron chi connectivity index (χ1n) is 9.76. The van der Waals surface area contributed by atoms with Gasteiger partial charge in [-0.1, -0.05) is 12.1 Å². The standard InChI is InChI=1S/C22H24F2N2O4/c1-4-29-17-10-9-13(11-18(17)30-5-2)14-12-26(3)22(28)19(14)21(27)25-16-8-6-7-15(23)20(16)24/h6-11,14,19H,4-5,12H2,1-3H3,(H,25,27). The van der Waals surface area contributed by atoms with Gasteiger partial charge in [0.1, 0.15) is 5.92 Å². The highest BCUT2D eigenvalue weighted by molar-refractivity contribution is 6.08. The van der Waals surface area contributed by atoms with E-state index in [9.17, 15) is 18.4 Å². The molecule has 0 saturated carbocycles. The minimum absolute atomic E-state index is 0.303. The van der Waals surface area contributed by atoms with Gasteiger partial charge < -0.3 is 19.7 Å². The monoisotopic (exact) mass is 418 g/mol. The van der Waals surface area contributed by atoms with Crippen LogP contribution in [-0.2, 0) is 9.59 Å². The number of hydrogen-bond donors (Lipinski definition) is 1. The first kappa shape index (κ1) is 21.5. The lowest BCUT2D eigenvalue weighted by Gasteiger charge is -2.19. The zero-order valence-electron chi connectivity index (χ0n) is 17.1. The van der Waals surface area contributed by atoms with Crippen LogP contribution in [0.3, 0.4) is 0 Å². The molecule has 0 bridgehead atoms. The van der Waals surface area contributed by atoms with E-state index in [4.69, 9.17) is 9.47 Å². The van der Waals surface area contributed by atoms with Crippen LogP contribution in [0.2, 0.25) is 0 Å². The van der Waals surface area contributed by atoms with Crippen LogP contribution < -0.4 is 14.8 Å². The summed E-state index contributed by atoms with van der Waals surface area (Å²) >= 11 is 0. The number of hydrogen-bond acceptors (Lipinski definition) is 4. The number of nitrogens with zero attached hydrogens (tertiary/aromatic N) is 1. The van der Waals surface area contributed by atoms with Gasteiger partial charge in [-0.15, -0.1) is 0 Å². The summed E-state index contributed by atoms with van der Waals surface area (Å²) in [6, 6.07) is 8.78. The second kappa shape index (κ2) is 9.11. The van der Waals surface area contributed by atoms with E-state index in [1.807, 2.05) is 13.8 Å². The summed E-state index contributed by atoms with van der Waals surface area (Å²) < 4.78 is 38.7. The fourth-order valence-corrected chi connectivity index (χ4v) is 3.60. The van der Waals surface area contributed by atoms with Crippen molar-refractivity contribution in [2.75, 3.05) is 32.1 Å². The Hall–Kier alpha value is -3.16. The quantitative estimate of drug-likeness (QED) is 0.698. The fourth-order valence-electron chi connectivity index (χ4n) is 3.60. The molecular weight excluding hydrogens is 394 g/mol. The van der Waals surface area contributed by atoms with Gasteiger partial charge in [0.25, 0.3) is 0 Å². The molecule has 0 aliphatic carbocycles. The van der Waals surface area contributed by atoms with E-state index in [-0.39, 0.29) is 11.6 Å². The molecule has 0 spiro atoms. The largest absolute Gasteiger partial charge is 0.490 e. The Morgan fingerprint density at radius 3 is 2.53 bits per heavy atom. The molecule has 30 heavy (non-hydrogen) atoms. The number of rotatable bonds is 7. The molecule has 2 aromatic rings. The Bertz CT molecular complexity index is 951. The highest BCUT2D eigenvalue weighted by atomic mass is 19.2. The van der Waals surface area contributed by atoms with Gasteiger partial charge in [0, 0.05) is 19.5 Å². The van der Waals surface area contributed by atoms with Crippen LogP contribution in [0.5, 0.6) is 11.5 Å². The van der Waals surface area contributed by atoms with Crippen molar-refractivity contribution in [1.82, 2.24) is 4.90 Å². The second-order valence-electron chi connectivity index (χ2n) is 6.97. The molecule has 2 atom stereocenters. The molecule has 3 rings (SSSR count). The van der Waals surface area contributed by atoms with E-state index in [0.29, 0.717) is 31.3 Å². The van der Waals surface area contributed by atoms with Gasteiger partial charge in [0.2, 0.25) is 11.8 Å². The molecule has 2 aromatic carbocycles. The summed E-state index contributed by atoms with van der Waals surface area (Å²) in [6.07, 6.45) is 0.